The van der Waals surface area contributed by atoms with E-state index in [1.165, 1.54) is 11.3 Å². The number of hydrogen-bond acceptors (Lipinski definition) is 5. The van der Waals surface area contributed by atoms with Crippen molar-refractivity contribution >= 4 is 34.6 Å². The van der Waals surface area contributed by atoms with Crippen molar-refractivity contribution < 1.29 is 14.7 Å². The first-order valence-electron chi connectivity index (χ1n) is 6.58. The van der Waals surface area contributed by atoms with E-state index in [2.05, 4.69) is 10.3 Å². The molecule has 1 atom stereocenters. The molecule has 2 aromatic rings. The molecule has 0 spiro atoms. The summed E-state index contributed by atoms with van der Waals surface area (Å²) < 4.78 is 0. The van der Waals surface area contributed by atoms with Gasteiger partial charge in [-0.3, -0.25) is 4.79 Å². The lowest BCUT2D eigenvalue weighted by atomic mass is 10.1. The molecule has 0 saturated heterocycles. The van der Waals surface area contributed by atoms with Crippen molar-refractivity contribution in [2.75, 3.05) is 0 Å². The Morgan fingerprint density at radius 3 is 2.81 bits per heavy atom. The summed E-state index contributed by atoms with van der Waals surface area (Å²) in [5.41, 5.74) is 0.626. The molecular weight excluding hydrogens is 308 g/mol. The van der Waals surface area contributed by atoms with Crippen LogP contribution in [0.15, 0.2) is 17.5 Å². The van der Waals surface area contributed by atoms with Gasteiger partial charge in [-0.15, -0.1) is 22.7 Å². The molecule has 0 unspecified atom stereocenters. The molecule has 5 nitrogen and oxygen atoms in total. The molecule has 0 bridgehead atoms. The second-order valence-corrected chi connectivity index (χ2v) is 6.51. The largest absolute Gasteiger partial charge is 0.480 e. The fourth-order valence-electron chi connectivity index (χ4n) is 1.88. The third kappa shape index (κ3) is 3.68. The maximum Gasteiger partial charge on any atom is 0.326 e. The number of thiophene rings is 1. The summed E-state index contributed by atoms with van der Waals surface area (Å²) in [6.07, 6.45) is 1.11. The van der Waals surface area contributed by atoms with Crippen LogP contribution in [0.4, 0.5) is 0 Å². The first-order chi connectivity index (χ1) is 10.0. The van der Waals surface area contributed by atoms with Gasteiger partial charge >= 0.3 is 5.97 Å². The molecule has 2 heterocycles. The van der Waals surface area contributed by atoms with Gasteiger partial charge in [0.2, 0.25) is 0 Å². The molecule has 7 heteroatoms. The van der Waals surface area contributed by atoms with Crippen molar-refractivity contribution in [2.24, 2.45) is 0 Å². The minimum atomic E-state index is -1.01. The van der Waals surface area contributed by atoms with Crippen LogP contribution in [0.25, 0.3) is 9.88 Å². The molecule has 1 amide bonds. The molecule has 0 radical (unpaired) electrons. The number of aliphatic carboxylic acids is 1. The molecule has 0 saturated carbocycles. The molecule has 112 valence electrons. The Morgan fingerprint density at radius 2 is 2.24 bits per heavy atom. The summed E-state index contributed by atoms with van der Waals surface area (Å²) in [6, 6.07) is 3.02. The predicted octanol–water partition coefficient (Wildman–Crippen LogP) is 3.16. The third-order valence-electron chi connectivity index (χ3n) is 2.92. The second-order valence-electron chi connectivity index (χ2n) is 4.56. The van der Waals surface area contributed by atoms with E-state index in [1.807, 2.05) is 24.4 Å². The lowest BCUT2D eigenvalue weighted by Crippen LogP contribution is -2.40. The highest BCUT2D eigenvalue weighted by Gasteiger charge is 2.23. The number of hydrogen-bond donors (Lipinski definition) is 2. The Kier molecular flexibility index (Phi) is 5.08. The van der Waals surface area contributed by atoms with Gasteiger partial charge in [0.15, 0.2) is 0 Å². The van der Waals surface area contributed by atoms with Crippen molar-refractivity contribution in [1.29, 1.82) is 0 Å². The highest BCUT2D eigenvalue weighted by Crippen LogP contribution is 2.31. The zero-order valence-electron chi connectivity index (χ0n) is 11.8. The average Bonchev–Trinajstić information content (AvgIpc) is 3.06. The van der Waals surface area contributed by atoms with Crippen LogP contribution in [0.1, 0.15) is 35.1 Å². The van der Waals surface area contributed by atoms with Gasteiger partial charge in [0, 0.05) is 0 Å². The number of carboxylic acid groups (broad SMARTS) is 1. The van der Waals surface area contributed by atoms with Gasteiger partial charge < -0.3 is 10.4 Å². The number of aryl methyl sites for hydroxylation is 1. The number of nitrogens with zero attached hydrogens (tertiary/aromatic N) is 1. The van der Waals surface area contributed by atoms with Crippen LogP contribution in [0, 0.1) is 6.92 Å². The Hall–Kier alpha value is -1.73. The van der Waals surface area contributed by atoms with Gasteiger partial charge in [-0.25, -0.2) is 9.78 Å². The maximum absolute atomic E-state index is 12.2. The Balaban J connectivity index is 2.18. The number of aromatic nitrogens is 1. The van der Waals surface area contributed by atoms with Crippen molar-refractivity contribution in [3.63, 3.8) is 0 Å². The monoisotopic (exact) mass is 324 g/mol. The van der Waals surface area contributed by atoms with Gasteiger partial charge in [-0.2, -0.15) is 0 Å². The van der Waals surface area contributed by atoms with E-state index in [9.17, 15) is 9.59 Å². The van der Waals surface area contributed by atoms with Crippen LogP contribution in [0.3, 0.4) is 0 Å². The number of rotatable bonds is 6. The number of carbonyl (C=O) groups excluding carboxylic acids is 1. The molecule has 0 aliphatic rings. The summed E-state index contributed by atoms with van der Waals surface area (Å²) in [5.74, 6) is -1.38. The molecule has 2 aromatic heterocycles. The number of amides is 1. The molecule has 0 fully saturated rings. The van der Waals surface area contributed by atoms with Gasteiger partial charge in [-0.05, 0) is 24.8 Å². The van der Waals surface area contributed by atoms with Gasteiger partial charge in [0.25, 0.3) is 5.91 Å². The zero-order valence-corrected chi connectivity index (χ0v) is 13.4. The lowest BCUT2D eigenvalue weighted by molar-refractivity contribution is -0.139. The summed E-state index contributed by atoms with van der Waals surface area (Å²) in [6.45, 7) is 3.65. The van der Waals surface area contributed by atoms with Crippen LogP contribution in [-0.4, -0.2) is 28.0 Å². The van der Waals surface area contributed by atoms with Gasteiger partial charge in [0.05, 0.1) is 10.6 Å². The minimum absolute atomic E-state index is 0.367. The molecule has 2 N–H and O–H groups in total. The summed E-state index contributed by atoms with van der Waals surface area (Å²) >= 11 is 2.85. The van der Waals surface area contributed by atoms with E-state index in [4.69, 9.17) is 5.11 Å². The normalized spacial score (nSPS) is 12.1. The molecule has 0 aliphatic heterocycles. The van der Waals surface area contributed by atoms with Crippen molar-refractivity contribution in [2.45, 2.75) is 32.7 Å². The topological polar surface area (TPSA) is 79.3 Å². The highest BCUT2D eigenvalue weighted by molar-refractivity contribution is 7.22. The summed E-state index contributed by atoms with van der Waals surface area (Å²) in [5, 5.41) is 14.4. The van der Waals surface area contributed by atoms with Crippen molar-refractivity contribution in [3.05, 3.63) is 28.1 Å². The van der Waals surface area contributed by atoms with E-state index in [0.29, 0.717) is 23.4 Å². The lowest BCUT2D eigenvalue weighted by Gasteiger charge is -2.12. The van der Waals surface area contributed by atoms with Crippen LogP contribution >= 0.6 is 22.7 Å². The fourth-order valence-corrected chi connectivity index (χ4v) is 3.65. The standard InChI is InChI=1S/C14H16N2O3S2/c1-3-5-9(14(18)19)16-12(17)11-8(2)15-13(21-11)10-6-4-7-20-10/h4,6-7,9H,3,5H2,1-2H3,(H,16,17)(H,18,19)/t9-/m0/s1. The smallest absolute Gasteiger partial charge is 0.326 e. The van der Waals surface area contributed by atoms with E-state index in [0.717, 1.165) is 9.88 Å². The van der Waals surface area contributed by atoms with Gasteiger partial charge in [0.1, 0.15) is 15.9 Å². The van der Waals surface area contributed by atoms with Crippen LogP contribution in [-0.2, 0) is 4.79 Å². The maximum atomic E-state index is 12.2. The quantitative estimate of drug-likeness (QED) is 0.855. The van der Waals surface area contributed by atoms with Crippen LogP contribution < -0.4 is 5.32 Å². The number of carbonyl (C=O) groups is 2. The Bertz CT molecular complexity index is 635. The Morgan fingerprint density at radius 1 is 1.48 bits per heavy atom. The number of thiazole rings is 1. The third-order valence-corrected chi connectivity index (χ3v) is 5.11. The molecule has 0 aliphatic carbocycles. The summed E-state index contributed by atoms with van der Waals surface area (Å²) in [4.78, 5) is 29.2. The van der Waals surface area contributed by atoms with Crippen LogP contribution in [0.2, 0.25) is 0 Å². The van der Waals surface area contributed by atoms with Crippen molar-refractivity contribution in [3.8, 4) is 9.88 Å². The SMILES string of the molecule is CCC[C@H](NC(=O)c1sc(-c2cccs2)nc1C)C(=O)O. The number of nitrogens with one attached hydrogen (secondary N) is 1. The highest BCUT2D eigenvalue weighted by atomic mass is 32.1. The summed E-state index contributed by atoms with van der Waals surface area (Å²) in [7, 11) is 0. The van der Waals surface area contributed by atoms with E-state index in [-0.39, 0.29) is 5.91 Å². The van der Waals surface area contributed by atoms with E-state index in [1.54, 1.807) is 18.3 Å². The van der Waals surface area contributed by atoms with E-state index < -0.39 is 12.0 Å². The zero-order chi connectivity index (χ0) is 15.4. The average molecular weight is 324 g/mol. The predicted molar refractivity (Wildman–Crippen MR) is 84.0 cm³/mol. The fraction of sp³-hybridized carbons (Fsp3) is 0.357. The molecular formula is C14H16N2O3S2. The van der Waals surface area contributed by atoms with Crippen molar-refractivity contribution in [1.82, 2.24) is 10.3 Å². The molecule has 0 aromatic carbocycles. The minimum Gasteiger partial charge on any atom is -0.480 e. The van der Waals surface area contributed by atoms with E-state index >= 15 is 0 Å². The Labute approximate surface area is 130 Å². The first-order valence-corrected chi connectivity index (χ1v) is 8.27. The van der Waals surface area contributed by atoms with Crippen LogP contribution in [0.5, 0.6) is 0 Å². The first kappa shape index (κ1) is 15.7. The number of carboxylic acids is 1. The molecule has 21 heavy (non-hydrogen) atoms. The second kappa shape index (κ2) is 6.82. The van der Waals surface area contributed by atoms with Gasteiger partial charge in [-0.1, -0.05) is 19.4 Å². The molecule has 2 rings (SSSR count).